The Balaban J connectivity index is 2.12. The summed E-state index contributed by atoms with van der Waals surface area (Å²) >= 11 is 0. The molecule has 3 radical (unpaired) electrons. The van der Waals surface area contributed by atoms with Crippen molar-refractivity contribution in [1.82, 2.24) is 0 Å². The van der Waals surface area contributed by atoms with E-state index in [1.165, 1.54) is 16.7 Å². The van der Waals surface area contributed by atoms with Crippen LogP contribution in [0, 0.1) is 12.5 Å². The van der Waals surface area contributed by atoms with E-state index in [9.17, 15) is 0 Å². The minimum atomic E-state index is 1.01. The maximum absolute atomic E-state index is 3.38. The molecule has 2 aromatic carbocycles. The molecule has 0 amide bonds. The number of fused-ring (bicyclic) bond motifs is 2. The lowest BCUT2D eigenvalue weighted by molar-refractivity contribution is 1.10. The first-order valence-corrected chi connectivity index (χ1v) is 4.78. The van der Waals surface area contributed by atoms with Crippen molar-refractivity contribution in [3.05, 3.63) is 77.2 Å². The monoisotopic (exact) mass is 177 g/mol. The van der Waals surface area contributed by atoms with E-state index >= 15 is 0 Å². The molecular weight excluding hydrogens is 168 g/mol. The van der Waals surface area contributed by atoms with Gasteiger partial charge in [-0.2, -0.15) is 0 Å². The Hall–Kier alpha value is -1.56. The Morgan fingerprint density at radius 3 is 2.79 bits per heavy atom. The van der Waals surface area contributed by atoms with E-state index < -0.39 is 0 Å². The highest BCUT2D eigenvalue weighted by Gasteiger charge is 2.14. The average Bonchev–Trinajstić information content (AvgIpc) is 2.26. The van der Waals surface area contributed by atoms with E-state index in [1.807, 2.05) is 12.1 Å². The molecular formula is C14H9. The lowest BCUT2D eigenvalue weighted by Crippen LogP contribution is -2.04. The number of hydrogen-bond acceptors (Lipinski definition) is 0. The van der Waals surface area contributed by atoms with Gasteiger partial charge in [-0.1, -0.05) is 42.5 Å². The van der Waals surface area contributed by atoms with Gasteiger partial charge in [0.05, 0.1) is 6.42 Å². The second-order valence-electron chi connectivity index (χ2n) is 3.53. The molecule has 1 aliphatic carbocycles. The van der Waals surface area contributed by atoms with Crippen molar-refractivity contribution in [3.63, 3.8) is 0 Å². The summed E-state index contributed by atoms with van der Waals surface area (Å²) in [5, 5.41) is 0. The molecule has 0 spiro atoms. The molecule has 0 unspecified atom stereocenters. The molecule has 0 fully saturated rings. The molecule has 0 heteroatoms. The predicted octanol–water partition coefficient (Wildman–Crippen LogP) is 2.87. The zero-order chi connectivity index (χ0) is 9.38. The van der Waals surface area contributed by atoms with Gasteiger partial charge < -0.3 is 0 Å². The second-order valence-corrected chi connectivity index (χ2v) is 3.53. The first-order chi connectivity index (χ1) is 6.93. The summed E-state index contributed by atoms with van der Waals surface area (Å²) in [6, 6.07) is 17.8. The van der Waals surface area contributed by atoms with Gasteiger partial charge >= 0.3 is 0 Å². The van der Waals surface area contributed by atoms with Crippen LogP contribution in [0.2, 0.25) is 0 Å². The normalized spacial score (nSPS) is 13.1. The van der Waals surface area contributed by atoms with Crippen molar-refractivity contribution in [1.29, 1.82) is 0 Å². The third-order valence-corrected chi connectivity index (χ3v) is 2.60. The number of hydrogen-bond donors (Lipinski definition) is 0. The summed E-state index contributed by atoms with van der Waals surface area (Å²) in [7, 11) is 0. The third-order valence-electron chi connectivity index (χ3n) is 2.60. The van der Waals surface area contributed by atoms with Crippen LogP contribution < -0.4 is 0 Å². The summed E-state index contributed by atoms with van der Waals surface area (Å²) in [4.78, 5) is 0. The Morgan fingerprint density at radius 2 is 1.79 bits per heavy atom. The van der Waals surface area contributed by atoms with Crippen LogP contribution in [0.5, 0.6) is 0 Å². The van der Waals surface area contributed by atoms with Gasteiger partial charge in [0.1, 0.15) is 0 Å². The van der Waals surface area contributed by atoms with Crippen molar-refractivity contribution < 1.29 is 0 Å². The van der Waals surface area contributed by atoms with Gasteiger partial charge in [0.2, 0.25) is 0 Å². The van der Waals surface area contributed by atoms with Crippen molar-refractivity contribution in [2.24, 2.45) is 0 Å². The van der Waals surface area contributed by atoms with Crippen LogP contribution in [0.25, 0.3) is 0 Å². The number of rotatable bonds is 0. The highest BCUT2D eigenvalue weighted by molar-refractivity contribution is 5.51. The van der Waals surface area contributed by atoms with Gasteiger partial charge in [0.15, 0.2) is 0 Å². The summed E-state index contributed by atoms with van der Waals surface area (Å²) in [5.74, 6) is 0. The quantitative estimate of drug-likeness (QED) is 0.495. The van der Waals surface area contributed by atoms with E-state index in [0.717, 1.165) is 12.0 Å². The molecule has 65 valence electrons. The van der Waals surface area contributed by atoms with Gasteiger partial charge in [0.25, 0.3) is 0 Å². The van der Waals surface area contributed by atoms with Crippen LogP contribution >= 0.6 is 0 Å². The van der Waals surface area contributed by atoms with Crippen molar-refractivity contribution in [2.75, 3.05) is 0 Å². The van der Waals surface area contributed by atoms with Gasteiger partial charge in [0, 0.05) is 0 Å². The second kappa shape index (κ2) is 2.98. The van der Waals surface area contributed by atoms with Crippen molar-refractivity contribution >= 4 is 0 Å². The molecule has 0 nitrogen and oxygen atoms in total. The van der Waals surface area contributed by atoms with E-state index in [-0.39, 0.29) is 0 Å². The van der Waals surface area contributed by atoms with Crippen molar-refractivity contribution in [3.8, 4) is 0 Å². The molecule has 0 atom stereocenters. The zero-order valence-electron chi connectivity index (χ0n) is 7.75. The molecule has 0 N–H and O–H groups in total. The lowest BCUT2D eigenvalue weighted by atomic mass is 9.86. The van der Waals surface area contributed by atoms with Gasteiger partial charge in [-0.25, -0.2) is 0 Å². The van der Waals surface area contributed by atoms with E-state index in [4.69, 9.17) is 0 Å². The Bertz CT molecular complexity index is 381. The smallest absolute Gasteiger partial charge is 0.0514 e. The SMILES string of the molecule is [C]1c2[c]cccc2Cc2ccccc21. The molecule has 0 heterocycles. The first kappa shape index (κ1) is 7.81. The lowest BCUT2D eigenvalue weighted by Gasteiger charge is -2.17. The van der Waals surface area contributed by atoms with Crippen LogP contribution in [0.15, 0.2) is 42.5 Å². The van der Waals surface area contributed by atoms with Crippen LogP contribution in [0.3, 0.4) is 0 Å². The molecule has 0 saturated carbocycles. The summed E-state index contributed by atoms with van der Waals surface area (Å²) in [5.41, 5.74) is 5.01. The standard InChI is InChI=1S/C14H9/c1-2-6-12-10-14-8-4-3-7-13(14)9-11(12)5-1/h1-7H,9H2. The average molecular weight is 177 g/mol. The molecule has 0 saturated heterocycles. The maximum Gasteiger partial charge on any atom is 0.0514 e. The fourth-order valence-corrected chi connectivity index (χ4v) is 1.87. The molecule has 0 aromatic heterocycles. The van der Waals surface area contributed by atoms with Gasteiger partial charge in [-0.3, -0.25) is 0 Å². The fraction of sp³-hybridized carbons (Fsp3) is 0.0714. The minimum absolute atomic E-state index is 1.01. The molecule has 14 heavy (non-hydrogen) atoms. The first-order valence-electron chi connectivity index (χ1n) is 4.78. The highest BCUT2D eigenvalue weighted by atomic mass is 14.2. The van der Waals surface area contributed by atoms with E-state index in [1.54, 1.807) is 0 Å². The highest BCUT2D eigenvalue weighted by Crippen LogP contribution is 2.27. The Kier molecular flexibility index (Phi) is 1.66. The topological polar surface area (TPSA) is 0 Å². The van der Waals surface area contributed by atoms with Crippen LogP contribution in [-0.2, 0) is 6.42 Å². The van der Waals surface area contributed by atoms with Crippen molar-refractivity contribution in [2.45, 2.75) is 6.42 Å². The molecule has 0 bridgehead atoms. The maximum atomic E-state index is 3.38. The van der Waals surface area contributed by atoms with E-state index in [2.05, 4.69) is 42.8 Å². The van der Waals surface area contributed by atoms with Crippen LogP contribution in [0.4, 0.5) is 0 Å². The molecule has 2 aromatic rings. The summed E-state index contributed by atoms with van der Waals surface area (Å²) in [6.45, 7) is 0. The predicted molar refractivity (Wildman–Crippen MR) is 56.0 cm³/mol. The number of benzene rings is 2. The van der Waals surface area contributed by atoms with Gasteiger partial charge in [-0.05, 0) is 34.7 Å². The van der Waals surface area contributed by atoms with Crippen LogP contribution in [0.1, 0.15) is 22.3 Å². The third kappa shape index (κ3) is 1.15. The molecule has 0 aliphatic heterocycles. The fourth-order valence-electron chi connectivity index (χ4n) is 1.87. The summed E-state index contributed by atoms with van der Waals surface area (Å²) < 4.78 is 0. The zero-order valence-corrected chi connectivity index (χ0v) is 7.75. The summed E-state index contributed by atoms with van der Waals surface area (Å²) in [6.07, 6.45) is 4.39. The minimum Gasteiger partial charge on any atom is -0.0620 e. The Morgan fingerprint density at radius 1 is 0.929 bits per heavy atom. The van der Waals surface area contributed by atoms with E-state index in [0.29, 0.717) is 0 Å². The Labute approximate surface area is 84.2 Å². The van der Waals surface area contributed by atoms with Crippen LogP contribution in [-0.4, -0.2) is 0 Å². The molecule has 3 rings (SSSR count). The largest absolute Gasteiger partial charge is 0.0620 e. The molecule has 1 aliphatic rings. The van der Waals surface area contributed by atoms with Gasteiger partial charge in [-0.15, -0.1) is 0 Å².